The Morgan fingerprint density at radius 3 is 1.92 bits per heavy atom. The normalized spacial score (nSPS) is 17.5. The maximum Gasteiger partial charge on any atom is 0.341 e. The summed E-state index contributed by atoms with van der Waals surface area (Å²) in [5.41, 5.74) is 0. The molecule has 0 bridgehead atoms. The highest BCUT2D eigenvalue weighted by Crippen LogP contribution is 2.31. The van der Waals surface area contributed by atoms with Crippen LogP contribution in [-0.2, 0) is 0 Å². The Bertz CT molecular complexity index is 122. The van der Waals surface area contributed by atoms with Crippen molar-refractivity contribution in [2.45, 2.75) is 39.7 Å². The lowest BCUT2D eigenvalue weighted by Crippen LogP contribution is -2.15. The van der Waals surface area contributed by atoms with E-state index < -0.39 is 6.00 Å². The van der Waals surface area contributed by atoms with Gasteiger partial charge in [-0.1, -0.05) is 27.2 Å². The first-order chi connectivity index (χ1) is 5.35. The van der Waals surface area contributed by atoms with Crippen LogP contribution in [0, 0.1) is 11.8 Å². The third kappa shape index (κ3) is 7.72. The molecule has 0 heterocycles. The number of rotatable bonds is 5. The van der Waals surface area contributed by atoms with Gasteiger partial charge < -0.3 is 0 Å². The van der Waals surface area contributed by atoms with E-state index in [0.29, 0.717) is 5.92 Å². The number of hydrogen-bond donors (Lipinski definition) is 0. The summed E-state index contributed by atoms with van der Waals surface area (Å²) < 4.78 is 0. The molecule has 0 aliphatic rings. The first kappa shape index (κ1) is 13.1. The molecule has 74 valence electrons. The van der Waals surface area contributed by atoms with E-state index in [1.807, 2.05) is 0 Å². The Labute approximate surface area is 90.7 Å². The van der Waals surface area contributed by atoms with E-state index in [9.17, 15) is 0 Å². The minimum absolute atomic E-state index is 0.555. The van der Waals surface area contributed by atoms with Gasteiger partial charge in [-0.05, 0) is 24.3 Å². The first-order valence-corrected chi connectivity index (χ1v) is 9.66. The largest absolute Gasteiger partial charge is 0.341 e. The summed E-state index contributed by atoms with van der Waals surface area (Å²) in [6, 6.07) is -1.59. The Balaban J connectivity index is 3.66. The van der Waals surface area contributed by atoms with Crippen LogP contribution in [0.5, 0.6) is 0 Å². The molecular weight excluding hydrogens is 231 g/mol. The van der Waals surface area contributed by atoms with Gasteiger partial charge in [-0.15, -0.1) is 33.2 Å². The quantitative estimate of drug-likeness (QED) is 0.487. The fourth-order valence-electron chi connectivity index (χ4n) is 1.33. The summed E-state index contributed by atoms with van der Waals surface area (Å²) in [6.07, 6.45) is 2.39. The van der Waals surface area contributed by atoms with E-state index in [0.717, 1.165) is 12.0 Å². The van der Waals surface area contributed by atoms with Gasteiger partial charge in [0.25, 0.3) is 0 Å². The van der Waals surface area contributed by atoms with E-state index in [4.69, 9.17) is 33.2 Å². The van der Waals surface area contributed by atoms with Crippen molar-refractivity contribution >= 4 is 39.2 Å². The van der Waals surface area contributed by atoms with Gasteiger partial charge in [0.15, 0.2) is 0 Å². The van der Waals surface area contributed by atoms with Crippen LogP contribution in [0.4, 0.5) is 0 Å². The summed E-state index contributed by atoms with van der Waals surface area (Å²) in [7, 11) is 0. The molecule has 0 rings (SSSR count). The Morgan fingerprint density at radius 2 is 1.58 bits per heavy atom. The van der Waals surface area contributed by atoms with Crippen molar-refractivity contribution < 1.29 is 0 Å². The standard InChI is InChI=1S/C8H17Cl3Si/c1-4-7(2)5-8(3)6-12(9,10)11/h7-8H,4-6H2,1-3H3. The maximum absolute atomic E-state index is 5.82. The van der Waals surface area contributed by atoms with E-state index in [-0.39, 0.29) is 0 Å². The second-order valence-electron chi connectivity index (χ2n) is 3.67. The average Bonchev–Trinajstić information content (AvgIpc) is 1.82. The van der Waals surface area contributed by atoms with Crippen molar-refractivity contribution in [2.75, 3.05) is 0 Å². The third-order valence-corrected chi connectivity index (χ3v) is 4.63. The summed E-state index contributed by atoms with van der Waals surface area (Å²) in [5.74, 6) is 1.31. The zero-order valence-corrected chi connectivity index (χ0v) is 11.2. The molecule has 0 aliphatic heterocycles. The molecule has 0 saturated carbocycles. The molecule has 0 radical (unpaired) electrons. The lowest BCUT2D eigenvalue weighted by Gasteiger charge is -2.18. The minimum Gasteiger partial charge on any atom is -0.126 e. The van der Waals surface area contributed by atoms with E-state index in [1.165, 1.54) is 12.8 Å². The molecule has 0 aromatic heterocycles. The predicted molar refractivity (Wildman–Crippen MR) is 61.4 cm³/mol. The van der Waals surface area contributed by atoms with Crippen LogP contribution in [0.3, 0.4) is 0 Å². The molecule has 0 fully saturated rings. The maximum atomic E-state index is 5.82. The predicted octanol–water partition coefficient (Wildman–Crippen LogP) is 4.71. The lowest BCUT2D eigenvalue weighted by atomic mass is 9.97. The van der Waals surface area contributed by atoms with Crippen molar-refractivity contribution in [3.63, 3.8) is 0 Å². The van der Waals surface area contributed by atoms with Gasteiger partial charge in [0.2, 0.25) is 0 Å². The lowest BCUT2D eigenvalue weighted by molar-refractivity contribution is 0.428. The van der Waals surface area contributed by atoms with Gasteiger partial charge in [0, 0.05) is 0 Å². The highest BCUT2D eigenvalue weighted by Gasteiger charge is 2.27. The molecule has 2 unspecified atom stereocenters. The van der Waals surface area contributed by atoms with Crippen molar-refractivity contribution in [2.24, 2.45) is 11.8 Å². The molecule has 0 N–H and O–H groups in total. The van der Waals surface area contributed by atoms with Crippen LogP contribution in [-0.4, -0.2) is 6.00 Å². The zero-order valence-electron chi connectivity index (χ0n) is 7.91. The number of halogens is 3. The van der Waals surface area contributed by atoms with Crippen molar-refractivity contribution in [1.82, 2.24) is 0 Å². The van der Waals surface area contributed by atoms with E-state index in [1.54, 1.807) is 0 Å². The van der Waals surface area contributed by atoms with Crippen LogP contribution >= 0.6 is 33.2 Å². The van der Waals surface area contributed by atoms with Gasteiger partial charge in [0.05, 0.1) is 0 Å². The Kier molecular flexibility index (Phi) is 6.26. The van der Waals surface area contributed by atoms with Gasteiger partial charge in [0.1, 0.15) is 0 Å². The summed E-state index contributed by atoms with van der Waals surface area (Å²) in [6.45, 7) is 6.61. The van der Waals surface area contributed by atoms with Crippen molar-refractivity contribution in [3.8, 4) is 0 Å². The topological polar surface area (TPSA) is 0 Å². The van der Waals surface area contributed by atoms with Crippen LogP contribution in [0.1, 0.15) is 33.6 Å². The Hall–Kier alpha value is 1.09. The van der Waals surface area contributed by atoms with Gasteiger partial charge in [-0.25, -0.2) is 0 Å². The van der Waals surface area contributed by atoms with Crippen LogP contribution in [0.25, 0.3) is 0 Å². The smallest absolute Gasteiger partial charge is 0.126 e. The van der Waals surface area contributed by atoms with Gasteiger partial charge >= 0.3 is 6.00 Å². The second-order valence-corrected chi connectivity index (χ2v) is 12.9. The molecule has 0 aromatic rings. The van der Waals surface area contributed by atoms with Crippen LogP contribution < -0.4 is 0 Å². The fraction of sp³-hybridized carbons (Fsp3) is 1.00. The highest BCUT2D eigenvalue weighted by atomic mass is 35.8. The summed E-state index contributed by atoms with van der Waals surface area (Å²) in [4.78, 5) is 0. The first-order valence-electron chi connectivity index (χ1n) is 4.42. The molecule has 0 amide bonds. The molecule has 4 heteroatoms. The molecule has 0 aromatic carbocycles. The van der Waals surface area contributed by atoms with Crippen molar-refractivity contribution in [1.29, 1.82) is 0 Å². The molecule has 0 aliphatic carbocycles. The Morgan fingerprint density at radius 1 is 1.08 bits per heavy atom. The molecule has 0 nitrogen and oxygen atoms in total. The van der Waals surface area contributed by atoms with E-state index in [2.05, 4.69) is 20.8 Å². The van der Waals surface area contributed by atoms with Crippen LogP contribution in [0.2, 0.25) is 6.04 Å². The fourth-order valence-corrected chi connectivity index (χ4v) is 4.66. The monoisotopic (exact) mass is 246 g/mol. The summed E-state index contributed by atoms with van der Waals surface area (Å²) >= 11 is 17.5. The van der Waals surface area contributed by atoms with E-state index >= 15 is 0 Å². The molecular formula is C8H17Cl3Si. The van der Waals surface area contributed by atoms with Crippen LogP contribution in [0.15, 0.2) is 0 Å². The summed E-state index contributed by atoms with van der Waals surface area (Å²) in [5, 5.41) is 0. The average molecular weight is 248 g/mol. The number of hydrogen-bond acceptors (Lipinski definition) is 0. The molecule has 0 spiro atoms. The molecule has 0 saturated heterocycles. The zero-order chi connectivity index (χ0) is 9.78. The third-order valence-electron chi connectivity index (χ3n) is 2.08. The minimum atomic E-state index is -2.38. The molecule has 12 heavy (non-hydrogen) atoms. The van der Waals surface area contributed by atoms with Gasteiger partial charge in [-0.3, -0.25) is 0 Å². The molecule has 2 atom stereocenters. The SMILES string of the molecule is CCC(C)CC(C)C[Si](Cl)(Cl)Cl. The van der Waals surface area contributed by atoms with Crippen molar-refractivity contribution in [3.05, 3.63) is 0 Å². The van der Waals surface area contributed by atoms with Gasteiger partial charge in [-0.2, -0.15) is 0 Å². The second kappa shape index (κ2) is 5.74. The highest BCUT2D eigenvalue weighted by molar-refractivity contribution is 7.64.